The minimum atomic E-state index is -0.360. The second-order valence-corrected chi connectivity index (χ2v) is 9.67. The van der Waals surface area contributed by atoms with Gasteiger partial charge in [-0.05, 0) is 59.5 Å². The smallest absolute Gasteiger partial charge is 0.150 e. The van der Waals surface area contributed by atoms with E-state index in [-0.39, 0.29) is 24.4 Å². The van der Waals surface area contributed by atoms with Crippen molar-refractivity contribution in [3.63, 3.8) is 0 Å². The molecular weight excluding hydrogens is 467 g/mol. The summed E-state index contributed by atoms with van der Waals surface area (Å²) in [5.41, 5.74) is 6.94. The lowest BCUT2D eigenvalue weighted by Crippen LogP contribution is -2.49. The lowest BCUT2D eigenvalue weighted by molar-refractivity contribution is 0.0668. The number of benzene rings is 3. The Hall–Kier alpha value is -3.77. The van der Waals surface area contributed by atoms with Gasteiger partial charge in [-0.2, -0.15) is 0 Å². The number of phenolic OH excluding ortho intramolecular Hbond substituents is 1. The molecule has 0 aliphatic carbocycles. The SMILES string of the molecule is C=Cc1cc2c(cc1NC)OC(c1ccc(OCCN3CC(CF)C3)cc1)C(c1cccc(O)c1)=C2C. The van der Waals surface area contributed by atoms with Crippen molar-refractivity contribution in [3.05, 3.63) is 89.5 Å². The van der Waals surface area contributed by atoms with Gasteiger partial charge in [0.1, 0.15) is 30.0 Å². The Morgan fingerprint density at radius 2 is 1.95 bits per heavy atom. The molecule has 5 rings (SSSR count). The molecule has 0 aromatic heterocycles. The molecule has 2 aliphatic rings. The first-order valence-electron chi connectivity index (χ1n) is 12.7. The number of fused-ring (bicyclic) bond motifs is 1. The Bertz CT molecular complexity index is 1310. The van der Waals surface area contributed by atoms with E-state index in [4.69, 9.17) is 9.47 Å². The van der Waals surface area contributed by atoms with Gasteiger partial charge < -0.3 is 19.9 Å². The molecule has 3 aromatic carbocycles. The molecule has 2 aliphatic heterocycles. The number of ether oxygens (including phenoxy) is 2. The van der Waals surface area contributed by atoms with E-state index in [1.54, 1.807) is 12.1 Å². The minimum absolute atomic E-state index is 0.185. The molecule has 1 unspecified atom stereocenters. The highest BCUT2D eigenvalue weighted by Gasteiger charge is 2.30. The van der Waals surface area contributed by atoms with Gasteiger partial charge in [0.15, 0.2) is 0 Å². The van der Waals surface area contributed by atoms with Crippen LogP contribution in [0.4, 0.5) is 10.1 Å². The maximum atomic E-state index is 12.6. The lowest BCUT2D eigenvalue weighted by Gasteiger charge is -2.37. The van der Waals surface area contributed by atoms with E-state index in [1.807, 2.05) is 55.6 Å². The van der Waals surface area contributed by atoms with Crippen LogP contribution in [0, 0.1) is 5.92 Å². The number of likely N-dealkylation sites (tertiary alicyclic amines) is 1. The molecule has 5 nitrogen and oxygen atoms in total. The van der Waals surface area contributed by atoms with Crippen molar-refractivity contribution in [1.82, 2.24) is 4.90 Å². The molecule has 37 heavy (non-hydrogen) atoms. The number of hydrogen-bond donors (Lipinski definition) is 2. The van der Waals surface area contributed by atoms with Crippen molar-refractivity contribution in [2.45, 2.75) is 13.0 Å². The number of phenols is 1. The number of alkyl halides is 1. The average molecular weight is 501 g/mol. The maximum Gasteiger partial charge on any atom is 0.150 e. The van der Waals surface area contributed by atoms with Crippen LogP contribution in [-0.2, 0) is 0 Å². The van der Waals surface area contributed by atoms with E-state index in [9.17, 15) is 9.50 Å². The second kappa shape index (κ2) is 10.7. The van der Waals surface area contributed by atoms with Crippen LogP contribution in [0.1, 0.15) is 35.3 Å². The quantitative estimate of drug-likeness (QED) is 0.355. The normalized spacial score (nSPS) is 17.5. The fourth-order valence-corrected chi connectivity index (χ4v) is 5.16. The number of hydrogen-bond acceptors (Lipinski definition) is 5. The first-order valence-corrected chi connectivity index (χ1v) is 12.7. The van der Waals surface area contributed by atoms with Crippen LogP contribution < -0.4 is 14.8 Å². The van der Waals surface area contributed by atoms with Crippen LogP contribution >= 0.6 is 0 Å². The summed E-state index contributed by atoms with van der Waals surface area (Å²) in [4.78, 5) is 2.21. The molecule has 0 amide bonds. The van der Waals surface area contributed by atoms with Crippen molar-refractivity contribution in [1.29, 1.82) is 0 Å². The van der Waals surface area contributed by atoms with Gasteiger partial charge in [-0.3, -0.25) is 9.29 Å². The third kappa shape index (κ3) is 5.07. The molecule has 192 valence electrons. The van der Waals surface area contributed by atoms with Gasteiger partial charge in [0.25, 0.3) is 0 Å². The predicted octanol–water partition coefficient (Wildman–Crippen LogP) is 6.42. The van der Waals surface area contributed by atoms with Crippen LogP contribution in [-0.4, -0.2) is 50.0 Å². The molecule has 0 bridgehead atoms. The van der Waals surface area contributed by atoms with E-state index in [1.165, 1.54) is 0 Å². The summed E-state index contributed by atoms with van der Waals surface area (Å²) in [6.45, 7) is 8.81. The molecule has 3 aromatic rings. The average Bonchev–Trinajstić information content (AvgIpc) is 2.89. The number of halogens is 1. The van der Waals surface area contributed by atoms with Gasteiger partial charge in [0.2, 0.25) is 0 Å². The molecule has 0 spiro atoms. The van der Waals surface area contributed by atoms with Crippen molar-refractivity contribution in [2.24, 2.45) is 5.92 Å². The monoisotopic (exact) mass is 500 g/mol. The van der Waals surface area contributed by atoms with Crippen LogP contribution in [0.2, 0.25) is 0 Å². The van der Waals surface area contributed by atoms with E-state index in [2.05, 4.69) is 29.8 Å². The van der Waals surface area contributed by atoms with Gasteiger partial charge >= 0.3 is 0 Å². The first-order chi connectivity index (χ1) is 18.0. The van der Waals surface area contributed by atoms with Crippen molar-refractivity contribution in [2.75, 3.05) is 45.3 Å². The molecule has 6 heteroatoms. The Kier molecular flexibility index (Phi) is 7.19. The summed E-state index contributed by atoms with van der Waals surface area (Å²) in [6, 6.07) is 19.4. The third-order valence-corrected chi connectivity index (χ3v) is 7.22. The number of nitrogens with zero attached hydrogens (tertiary/aromatic N) is 1. The summed E-state index contributed by atoms with van der Waals surface area (Å²) in [5.74, 6) is 1.98. The van der Waals surface area contributed by atoms with Gasteiger partial charge in [0, 0.05) is 55.5 Å². The minimum Gasteiger partial charge on any atom is -0.508 e. The van der Waals surface area contributed by atoms with Gasteiger partial charge in [-0.1, -0.05) is 36.9 Å². The first kappa shape index (κ1) is 24.9. The maximum absolute atomic E-state index is 12.6. The molecular formula is C31H33FN2O3. The van der Waals surface area contributed by atoms with E-state index in [0.717, 1.165) is 70.2 Å². The van der Waals surface area contributed by atoms with Crippen molar-refractivity contribution < 1.29 is 19.0 Å². The molecule has 0 radical (unpaired) electrons. The third-order valence-electron chi connectivity index (χ3n) is 7.22. The summed E-state index contributed by atoms with van der Waals surface area (Å²) >= 11 is 0. The van der Waals surface area contributed by atoms with Crippen molar-refractivity contribution >= 4 is 22.9 Å². The molecule has 2 N–H and O–H groups in total. The topological polar surface area (TPSA) is 54.0 Å². The molecule has 1 fully saturated rings. The summed E-state index contributed by atoms with van der Waals surface area (Å²) in [5, 5.41) is 13.4. The number of rotatable bonds is 9. The number of anilines is 1. The van der Waals surface area contributed by atoms with Crippen molar-refractivity contribution in [3.8, 4) is 17.2 Å². The van der Waals surface area contributed by atoms with Gasteiger partial charge in [0.05, 0.1) is 6.67 Å². The van der Waals surface area contributed by atoms with Crippen LogP contribution in [0.15, 0.2) is 67.2 Å². The van der Waals surface area contributed by atoms with Crippen LogP contribution in [0.5, 0.6) is 17.2 Å². The lowest BCUT2D eigenvalue weighted by atomic mass is 9.85. The molecule has 2 heterocycles. The Morgan fingerprint density at radius 3 is 2.62 bits per heavy atom. The highest BCUT2D eigenvalue weighted by Crippen LogP contribution is 2.48. The van der Waals surface area contributed by atoms with Crippen LogP contribution in [0.3, 0.4) is 0 Å². The second-order valence-electron chi connectivity index (χ2n) is 9.67. The number of aromatic hydroxyl groups is 1. The molecule has 1 saturated heterocycles. The standard InChI is InChI=1S/C31H33FN2O3/c1-4-22-15-27-20(2)30(24-6-5-7-25(35)14-24)31(37-29(27)16-28(22)33-3)23-8-10-26(11-9-23)36-13-12-34-18-21(17-32)19-34/h4-11,14-16,21,31,33,35H,1,12-13,17-19H2,2-3H3. The zero-order valence-electron chi connectivity index (χ0n) is 21.3. The zero-order valence-corrected chi connectivity index (χ0v) is 21.3. The van der Waals surface area contributed by atoms with Crippen LogP contribution in [0.25, 0.3) is 17.2 Å². The summed E-state index contributed by atoms with van der Waals surface area (Å²) in [7, 11) is 1.88. The Labute approximate surface area is 217 Å². The van der Waals surface area contributed by atoms with Gasteiger partial charge in [-0.15, -0.1) is 0 Å². The molecule has 1 atom stereocenters. The number of allylic oxidation sites excluding steroid dienone is 1. The van der Waals surface area contributed by atoms with E-state index >= 15 is 0 Å². The Balaban J connectivity index is 1.43. The largest absolute Gasteiger partial charge is 0.508 e. The van der Waals surface area contributed by atoms with E-state index < -0.39 is 0 Å². The fourth-order valence-electron chi connectivity index (χ4n) is 5.16. The summed E-state index contributed by atoms with van der Waals surface area (Å²) in [6.07, 6.45) is 1.47. The predicted molar refractivity (Wildman–Crippen MR) is 148 cm³/mol. The fraction of sp³-hybridized carbons (Fsp3) is 0.290. The molecule has 0 saturated carbocycles. The van der Waals surface area contributed by atoms with E-state index in [0.29, 0.717) is 6.61 Å². The highest BCUT2D eigenvalue weighted by atomic mass is 19.1. The Morgan fingerprint density at radius 1 is 1.16 bits per heavy atom. The zero-order chi connectivity index (χ0) is 25.9. The highest BCUT2D eigenvalue weighted by molar-refractivity contribution is 5.96. The summed E-state index contributed by atoms with van der Waals surface area (Å²) < 4.78 is 25.2. The van der Waals surface area contributed by atoms with Gasteiger partial charge in [-0.25, -0.2) is 0 Å². The number of nitrogens with one attached hydrogen (secondary N) is 1.